The molecule has 4 nitrogen and oxygen atoms in total. The Morgan fingerprint density at radius 2 is 2.11 bits per heavy atom. The zero-order valence-electron chi connectivity index (χ0n) is 11.4. The summed E-state index contributed by atoms with van der Waals surface area (Å²) in [6.07, 6.45) is 7.55. The SMILES string of the molecule is CC(NC(=O)CC1CCCCC1N)C1CCCO1. The van der Waals surface area contributed by atoms with Gasteiger partial charge in [-0.15, -0.1) is 0 Å². The molecule has 3 N–H and O–H groups in total. The lowest BCUT2D eigenvalue weighted by molar-refractivity contribution is -0.123. The van der Waals surface area contributed by atoms with E-state index in [-0.39, 0.29) is 24.1 Å². The Hall–Kier alpha value is -0.610. The molecule has 1 aliphatic carbocycles. The van der Waals surface area contributed by atoms with Crippen LogP contribution in [0.5, 0.6) is 0 Å². The molecular weight excluding hydrogens is 228 g/mol. The molecule has 1 heterocycles. The molecule has 4 atom stereocenters. The number of ether oxygens (including phenoxy) is 1. The Morgan fingerprint density at radius 1 is 1.33 bits per heavy atom. The van der Waals surface area contributed by atoms with Gasteiger partial charge in [0.2, 0.25) is 5.91 Å². The van der Waals surface area contributed by atoms with Gasteiger partial charge in [-0.2, -0.15) is 0 Å². The number of amides is 1. The normalized spacial score (nSPS) is 34.2. The van der Waals surface area contributed by atoms with Crippen LogP contribution in [0.1, 0.15) is 51.9 Å². The van der Waals surface area contributed by atoms with Gasteiger partial charge >= 0.3 is 0 Å². The van der Waals surface area contributed by atoms with Crippen LogP contribution in [0.3, 0.4) is 0 Å². The lowest BCUT2D eigenvalue weighted by Gasteiger charge is -2.29. The topological polar surface area (TPSA) is 64.4 Å². The van der Waals surface area contributed by atoms with Crippen LogP contribution >= 0.6 is 0 Å². The Bertz CT molecular complexity index is 277. The minimum atomic E-state index is 0.125. The molecule has 0 spiro atoms. The molecule has 0 aromatic rings. The van der Waals surface area contributed by atoms with E-state index in [2.05, 4.69) is 5.32 Å². The van der Waals surface area contributed by atoms with Gasteiger partial charge in [-0.25, -0.2) is 0 Å². The first-order valence-corrected chi connectivity index (χ1v) is 7.33. The van der Waals surface area contributed by atoms with E-state index in [0.29, 0.717) is 12.3 Å². The van der Waals surface area contributed by atoms with Crippen molar-refractivity contribution in [2.45, 2.75) is 70.1 Å². The van der Waals surface area contributed by atoms with Crippen molar-refractivity contribution in [1.82, 2.24) is 5.32 Å². The summed E-state index contributed by atoms with van der Waals surface area (Å²) in [5, 5.41) is 3.07. The highest BCUT2D eigenvalue weighted by Gasteiger charge is 2.27. The third-order valence-corrected chi connectivity index (χ3v) is 4.33. The van der Waals surface area contributed by atoms with E-state index in [1.54, 1.807) is 0 Å². The summed E-state index contributed by atoms with van der Waals surface area (Å²) in [6.45, 7) is 2.87. The third-order valence-electron chi connectivity index (χ3n) is 4.33. The van der Waals surface area contributed by atoms with Gasteiger partial charge in [0.1, 0.15) is 0 Å². The number of nitrogens with one attached hydrogen (secondary N) is 1. The highest BCUT2D eigenvalue weighted by atomic mass is 16.5. The van der Waals surface area contributed by atoms with Gasteiger partial charge in [-0.1, -0.05) is 12.8 Å². The molecule has 2 rings (SSSR count). The van der Waals surface area contributed by atoms with Crippen LogP contribution in [0.15, 0.2) is 0 Å². The lowest BCUT2D eigenvalue weighted by atomic mass is 9.83. The van der Waals surface area contributed by atoms with Gasteiger partial charge in [-0.05, 0) is 38.5 Å². The fraction of sp³-hybridized carbons (Fsp3) is 0.929. The maximum Gasteiger partial charge on any atom is 0.220 e. The molecule has 104 valence electrons. The first-order chi connectivity index (χ1) is 8.66. The molecule has 1 aliphatic heterocycles. The molecule has 0 aromatic heterocycles. The smallest absolute Gasteiger partial charge is 0.220 e. The van der Waals surface area contributed by atoms with E-state index in [1.165, 1.54) is 12.8 Å². The van der Waals surface area contributed by atoms with Crippen molar-refractivity contribution in [3.8, 4) is 0 Å². The molecule has 18 heavy (non-hydrogen) atoms. The molecule has 1 saturated heterocycles. The van der Waals surface area contributed by atoms with Crippen LogP contribution in [0.2, 0.25) is 0 Å². The van der Waals surface area contributed by atoms with Gasteiger partial charge in [-0.3, -0.25) is 4.79 Å². The van der Waals surface area contributed by atoms with Gasteiger partial charge in [0, 0.05) is 19.1 Å². The van der Waals surface area contributed by atoms with Gasteiger partial charge in [0.15, 0.2) is 0 Å². The highest BCUT2D eigenvalue weighted by Crippen LogP contribution is 2.25. The van der Waals surface area contributed by atoms with Crippen molar-refractivity contribution in [1.29, 1.82) is 0 Å². The second-order valence-electron chi connectivity index (χ2n) is 5.82. The summed E-state index contributed by atoms with van der Waals surface area (Å²) in [6, 6.07) is 0.336. The number of rotatable bonds is 4. The lowest BCUT2D eigenvalue weighted by Crippen LogP contribution is -2.43. The molecule has 4 heteroatoms. The van der Waals surface area contributed by atoms with Crippen molar-refractivity contribution in [2.75, 3.05) is 6.61 Å². The first-order valence-electron chi connectivity index (χ1n) is 7.33. The second-order valence-corrected chi connectivity index (χ2v) is 5.82. The number of hydrogen-bond donors (Lipinski definition) is 2. The molecule has 4 unspecified atom stereocenters. The summed E-state index contributed by atoms with van der Waals surface area (Å²) < 4.78 is 5.59. The van der Waals surface area contributed by atoms with Crippen LogP contribution in [0.4, 0.5) is 0 Å². The largest absolute Gasteiger partial charge is 0.376 e. The number of carbonyl (C=O) groups is 1. The standard InChI is InChI=1S/C14H26N2O2/c1-10(13-7-4-8-18-13)16-14(17)9-11-5-2-3-6-12(11)15/h10-13H,2-9,15H2,1H3,(H,16,17). The summed E-state index contributed by atoms with van der Waals surface area (Å²) >= 11 is 0. The molecule has 0 bridgehead atoms. The number of carbonyl (C=O) groups excluding carboxylic acids is 1. The molecule has 2 aliphatic rings. The summed E-state index contributed by atoms with van der Waals surface area (Å²) in [5.41, 5.74) is 6.08. The van der Waals surface area contributed by atoms with E-state index >= 15 is 0 Å². The van der Waals surface area contributed by atoms with Crippen LogP contribution in [0, 0.1) is 5.92 Å². The Morgan fingerprint density at radius 3 is 2.78 bits per heavy atom. The predicted octanol–water partition coefficient (Wildman–Crippen LogP) is 1.58. The third kappa shape index (κ3) is 3.69. The maximum absolute atomic E-state index is 12.0. The van der Waals surface area contributed by atoms with Crippen LogP contribution in [-0.4, -0.2) is 30.7 Å². The van der Waals surface area contributed by atoms with Gasteiger partial charge < -0.3 is 15.8 Å². The fourth-order valence-corrected chi connectivity index (χ4v) is 3.13. The average molecular weight is 254 g/mol. The number of nitrogens with two attached hydrogens (primary N) is 1. The van der Waals surface area contributed by atoms with Gasteiger partial charge in [0.25, 0.3) is 0 Å². The van der Waals surface area contributed by atoms with Crippen molar-refractivity contribution >= 4 is 5.91 Å². The highest BCUT2D eigenvalue weighted by molar-refractivity contribution is 5.76. The monoisotopic (exact) mass is 254 g/mol. The van der Waals surface area contributed by atoms with E-state index in [9.17, 15) is 4.79 Å². The van der Waals surface area contributed by atoms with Crippen molar-refractivity contribution in [3.63, 3.8) is 0 Å². The first kappa shape index (κ1) is 13.8. The van der Waals surface area contributed by atoms with E-state index in [1.807, 2.05) is 6.92 Å². The van der Waals surface area contributed by atoms with Crippen molar-refractivity contribution in [2.24, 2.45) is 11.7 Å². The maximum atomic E-state index is 12.0. The average Bonchev–Trinajstić information content (AvgIpc) is 2.85. The molecule has 0 radical (unpaired) electrons. The number of hydrogen-bond acceptors (Lipinski definition) is 3. The zero-order chi connectivity index (χ0) is 13.0. The quantitative estimate of drug-likeness (QED) is 0.800. The minimum Gasteiger partial charge on any atom is -0.376 e. The Labute approximate surface area is 110 Å². The molecule has 1 saturated carbocycles. The second kappa shape index (κ2) is 6.53. The van der Waals surface area contributed by atoms with Crippen LogP contribution in [-0.2, 0) is 9.53 Å². The summed E-state index contributed by atoms with van der Waals surface area (Å²) in [7, 11) is 0. The molecular formula is C14H26N2O2. The summed E-state index contributed by atoms with van der Waals surface area (Å²) in [4.78, 5) is 12.0. The molecule has 0 aromatic carbocycles. The summed E-state index contributed by atoms with van der Waals surface area (Å²) in [5.74, 6) is 0.510. The fourth-order valence-electron chi connectivity index (χ4n) is 3.13. The Balaban J connectivity index is 1.73. The molecule has 2 fully saturated rings. The van der Waals surface area contributed by atoms with Crippen molar-refractivity contribution in [3.05, 3.63) is 0 Å². The predicted molar refractivity (Wildman–Crippen MR) is 71.1 cm³/mol. The zero-order valence-corrected chi connectivity index (χ0v) is 11.4. The minimum absolute atomic E-state index is 0.125. The van der Waals surface area contributed by atoms with E-state index < -0.39 is 0 Å². The Kier molecular flexibility index (Phi) is 5.01. The van der Waals surface area contributed by atoms with E-state index in [4.69, 9.17) is 10.5 Å². The van der Waals surface area contributed by atoms with Crippen LogP contribution < -0.4 is 11.1 Å². The van der Waals surface area contributed by atoms with E-state index in [0.717, 1.165) is 32.3 Å². The van der Waals surface area contributed by atoms with Crippen molar-refractivity contribution < 1.29 is 9.53 Å². The molecule has 1 amide bonds. The van der Waals surface area contributed by atoms with Gasteiger partial charge in [0.05, 0.1) is 12.1 Å². The van der Waals surface area contributed by atoms with Crippen LogP contribution in [0.25, 0.3) is 0 Å².